The number of amides is 3. The highest BCUT2D eigenvalue weighted by Crippen LogP contribution is 2.27. The first-order valence-electron chi connectivity index (χ1n) is 13.4. The van der Waals surface area contributed by atoms with Crippen LogP contribution < -0.4 is 15.4 Å². The minimum Gasteiger partial charge on any atom is -0.457 e. The zero-order chi connectivity index (χ0) is 29.5. The average molecular weight is 552 g/mol. The van der Waals surface area contributed by atoms with Gasteiger partial charge >= 0.3 is 0 Å². The zero-order valence-corrected chi connectivity index (χ0v) is 23.5. The third-order valence-electron chi connectivity index (χ3n) is 6.31. The van der Waals surface area contributed by atoms with Gasteiger partial charge in [-0.1, -0.05) is 44.2 Å². The second-order valence-corrected chi connectivity index (χ2v) is 10.3. The lowest BCUT2D eigenvalue weighted by atomic mass is 10.0. The van der Waals surface area contributed by atoms with Crippen molar-refractivity contribution in [3.63, 3.8) is 0 Å². The summed E-state index contributed by atoms with van der Waals surface area (Å²) in [5.74, 6) is 0.371. The quantitative estimate of drug-likeness (QED) is 0.203. The van der Waals surface area contributed by atoms with Crippen LogP contribution in [-0.2, 0) is 9.59 Å². The molecule has 1 aromatic heterocycles. The largest absolute Gasteiger partial charge is 0.457 e. The van der Waals surface area contributed by atoms with E-state index in [2.05, 4.69) is 34.3 Å². The predicted octanol–water partition coefficient (Wildman–Crippen LogP) is 6.24. The Labute approximate surface area is 239 Å². The van der Waals surface area contributed by atoms with E-state index < -0.39 is 11.8 Å². The first-order chi connectivity index (χ1) is 19.6. The van der Waals surface area contributed by atoms with Crippen LogP contribution in [0.2, 0.25) is 0 Å². The molecule has 0 aliphatic rings. The molecular weight excluding hydrogens is 518 g/mol. The number of benzene rings is 3. The average Bonchev–Trinajstić information content (AvgIpc) is 3.38. The van der Waals surface area contributed by atoms with Crippen molar-refractivity contribution in [2.24, 2.45) is 0 Å². The van der Waals surface area contributed by atoms with Crippen LogP contribution in [0.5, 0.6) is 11.5 Å². The fourth-order valence-corrected chi connectivity index (χ4v) is 4.30. The van der Waals surface area contributed by atoms with Crippen LogP contribution in [0, 0.1) is 6.57 Å². The molecule has 0 saturated heterocycles. The first-order valence-corrected chi connectivity index (χ1v) is 13.4. The van der Waals surface area contributed by atoms with Crippen molar-refractivity contribution in [3.05, 3.63) is 95.5 Å². The number of para-hydroxylation sites is 1. The summed E-state index contributed by atoms with van der Waals surface area (Å²) in [5.41, 5.74) is 2.83. The van der Waals surface area contributed by atoms with Gasteiger partial charge in [0.25, 0.3) is 5.91 Å². The molecule has 3 amide bonds. The summed E-state index contributed by atoms with van der Waals surface area (Å²) >= 11 is 0. The van der Waals surface area contributed by atoms with Gasteiger partial charge in [0.05, 0.1) is 12.1 Å². The molecule has 210 valence electrons. The fraction of sp³-hybridized carbons (Fsp3) is 0.250. The van der Waals surface area contributed by atoms with Crippen molar-refractivity contribution in [3.8, 4) is 11.5 Å². The van der Waals surface area contributed by atoms with E-state index in [0.717, 1.165) is 0 Å². The van der Waals surface area contributed by atoms with E-state index in [1.807, 2.05) is 38.1 Å². The van der Waals surface area contributed by atoms with E-state index in [1.165, 1.54) is 10.5 Å². The van der Waals surface area contributed by atoms with Gasteiger partial charge in [-0.25, -0.2) is 4.85 Å². The number of carbonyl (C=O) groups is 3. The normalized spacial score (nSPS) is 10.9. The Morgan fingerprint density at radius 3 is 2.15 bits per heavy atom. The molecule has 0 radical (unpaired) electrons. The Morgan fingerprint density at radius 1 is 0.902 bits per heavy atom. The fourth-order valence-electron chi connectivity index (χ4n) is 4.30. The van der Waals surface area contributed by atoms with Crippen molar-refractivity contribution in [1.82, 2.24) is 15.2 Å². The van der Waals surface area contributed by atoms with Crippen molar-refractivity contribution in [2.45, 2.75) is 39.7 Å². The molecule has 9 nitrogen and oxygen atoms in total. The van der Waals surface area contributed by atoms with E-state index in [4.69, 9.17) is 11.3 Å². The number of nitrogens with zero attached hydrogens (tertiary/aromatic N) is 2. The topological polar surface area (TPSA) is 108 Å². The van der Waals surface area contributed by atoms with Crippen molar-refractivity contribution < 1.29 is 19.1 Å². The number of fused-ring (bicyclic) bond motifs is 1. The van der Waals surface area contributed by atoms with E-state index in [-0.39, 0.29) is 30.7 Å². The number of rotatable bonds is 10. The van der Waals surface area contributed by atoms with Crippen LogP contribution in [0.3, 0.4) is 0 Å². The number of carbonyl (C=O) groups excluding carboxylic acids is 3. The van der Waals surface area contributed by atoms with Crippen molar-refractivity contribution in [1.29, 1.82) is 0 Å². The number of H-pyrrole nitrogens is 1. The number of nitrogens with one attached hydrogen (secondary N) is 3. The van der Waals surface area contributed by atoms with Crippen molar-refractivity contribution >= 4 is 40.0 Å². The van der Waals surface area contributed by atoms with Gasteiger partial charge in [-0.05, 0) is 73.2 Å². The molecule has 0 atom stereocenters. The molecule has 0 spiro atoms. The third kappa shape index (κ3) is 7.51. The van der Waals surface area contributed by atoms with Crippen LogP contribution in [0.4, 0.5) is 11.4 Å². The van der Waals surface area contributed by atoms with E-state index in [9.17, 15) is 14.4 Å². The highest BCUT2D eigenvalue weighted by Gasteiger charge is 2.24. The van der Waals surface area contributed by atoms with E-state index in [0.29, 0.717) is 39.7 Å². The molecule has 0 aliphatic heterocycles. The summed E-state index contributed by atoms with van der Waals surface area (Å²) in [5, 5.41) is 6.22. The number of ether oxygens (including phenoxy) is 1. The third-order valence-corrected chi connectivity index (χ3v) is 6.31. The first kappa shape index (κ1) is 28.9. The van der Waals surface area contributed by atoms with Gasteiger partial charge in [0, 0.05) is 11.7 Å². The highest BCUT2D eigenvalue weighted by atomic mass is 16.5. The molecule has 0 fully saturated rings. The molecule has 9 heteroatoms. The minimum absolute atomic E-state index is 0.128. The maximum Gasteiger partial charge on any atom is 0.271 e. The lowest BCUT2D eigenvalue weighted by Gasteiger charge is -2.22. The van der Waals surface area contributed by atoms with Crippen LogP contribution in [0.1, 0.15) is 49.7 Å². The number of anilines is 1. The molecule has 0 aliphatic carbocycles. The van der Waals surface area contributed by atoms with Crippen molar-refractivity contribution in [2.75, 3.05) is 18.4 Å². The van der Waals surface area contributed by atoms with Crippen LogP contribution in [-0.4, -0.2) is 46.7 Å². The second-order valence-electron chi connectivity index (χ2n) is 10.3. The lowest BCUT2D eigenvalue weighted by Crippen LogP contribution is -2.45. The molecule has 3 N–H and O–H groups in total. The molecule has 4 rings (SSSR count). The SMILES string of the molecule is [C-]#[N+]c1cccc2cc(C(=O)N(CC(=O)Nc3ccc(Oc4ccc(C(C)C)cc4)cc3)CC(=O)NC(C)C)[nH]c12. The second kappa shape index (κ2) is 12.8. The summed E-state index contributed by atoms with van der Waals surface area (Å²) in [4.78, 5) is 46.6. The number of aromatic amines is 1. The van der Waals surface area contributed by atoms with E-state index in [1.54, 1.807) is 48.5 Å². The van der Waals surface area contributed by atoms with Gasteiger partial charge in [-0.2, -0.15) is 0 Å². The van der Waals surface area contributed by atoms with Gasteiger partial charge in [-0.3, -0.25) is 14.4 Å². The van der Waals surface area contributed by atoms with E-state index >= 15 is 0 Å². The maximum absolute atomic E-state index is 13.4. The van der Waals surface area contributed by atoms with Crippen LogP contribution in [0.25, 0.3) is 15.7 Å². The summed E-state index contributed by atoms with van der Waals surface area (Å²) in [6.45, 7) is 14.6. The molecule has 41 heavy (non-hydrogen) atoms. The van der Waals surface area contributed by atoms with Gasteiger partial charge in [0.1, 0.15) is 30.3 Å². The lowest BCUT2D eigenvalue weighted by molar-refractivity contribution is -0.123. The van der Waals surface area contributed by atoms with Gasteiger partial charge < -0.3 is 25.3 Å². The predicted molar refractivity (Wildman–Crippen MR) is 159 cm³/mol. The van der Waals surface area contributed by atoms with Gasteiger partial charge in [0.2, 0.25) is 17.5 Å². The molecular formula is C32H33N5O4. The monoisotopic (exact) mass is 551 g/mol. The maximum atomic E-state index is 13.4. The summed E-state index contributed by atoms with van der Waals surface area (Å²) in [6, 6.07) is 21.5. The van der Waals surface area contributed by atoms with Gasteiger partial charge in [0.15, 0.2) is 0 Å². The molecule has 1 heterocycles. The molecule has 0 bridgehead atoms. The Kier molecular flexibility index (Phi) is 9.05. The minimum atomic E-state index is -0.529. The Hall–Kier alpha value is -5.10. The summed E-state index contributed by atoms with van der Waals surface area (Å²) in [6.07, 6.45) is 0. The number of hydrogen-bond donors (Lipinski definition) is 3. The van der Waals surface area contributed by atoms with Crippen LogP contribution >= 0.6 is 0 Å². The number of aromatic nitrogens is 1. The van der Waals surface area contributed by atoms with Gasteiger partial charge in [-0.15, -0.1) is 0 Å². The molecule has 3 aromatic carbocycles. The Bertz CT molecular complexity index is 1580. The standard InChI is InChI=1S/C32H33N5O4/c1-20(2)22-9-13-25(14-10-22)41-26-15-11-24(12-16-26)35-30(39)19-37(18-29(38)34-21(3)4)32(40)28-17-23-7-6-8-27(33-5)31(23)36-28/h6-17,20-21,36H,18-19H2,1-4H3,(H,34,38)(H,35,39). The summed E-state index contributed by atoms with van der Waals surface area (Å²) < 4.78 is 5.90. The molecule has 4 aromatic rings. The molecule has 0 unspecified atom stereocenters. The summed E-state index contributed by atoms with van der Waals surface area (Å²) in [7, 11) is 0. The molecule has 0 saturated carbocycles. The zero-order valence-electron chi connectivity index (χ0n) is 23.5. The van der Waals surface area contributed by atoms with Crippen LogP contribution in [0.15, 0.2) is 72.8 Å². The Balaban J connectivity index is 1.45. The number of hydrogen-bond acceptors (Lipinski definition) is 4. The smallest absolute Gasteiger partial charge is 0.271 e. The highest BCUT2D eigenvalue weighted by molar-refractivity contribution is 6.04. The Morgan fingerprint density at radius 2 is 1.54 bits per heavy atom.